The highest BCUT2D eigenvalue weighted by Crippen LogP contribution is 2.23. The molecule has 0 aromatic heterocycles. The molecule has 0 bridgehead atoms. The molecule has 0 N–H and O–H groups in total. The maximum Gasteiger partial charge on any atom is 0.243 e. The van der Waals surface area contributed by atoms with E-state index in [1.807, 2.05) is 25.1 Å². The number of nitrogens with zero attached hydrogens (tertiary/aromatic N) is 2. The van der Waals surface area contributed by atoms with Crippen LogP contribution in [0, 0.1) is 0 Å². The van der Waals surface area contributed by atoms with Crippen LogP contribution < -0.4 is 4.74 Å². The van der Waals surface area contributed by atoms with Gasteiger partial charge in [-0.1, -0.05) is 29.8 Å². The number of hydrogen-bond donors (Lipinski definition) is 0. The van der Waals surface area contributed by atoms with Crippen molar-refractivity contribution in [3.8, 4) is 5.75 Å². The van der Waals surface area contributed by atoms with Crippen LogP contribution in [0.4, 0.5) is 0 Å². The lowest BCUT2D eigenvalue weighted by Gasteiger charge is -2.34. The van der Waals surface area contributed by atoms with Crippen molar-refractivity contribution in [3.63, 3.8) is 0 Å². The topological polar surface area (TPSA) is 49.9 Å². The molecule has 1 aliphatic heterocycles. The van der Waals surface area contributed by atoms with Gasteiger partial charge in [0.1, 0.15) is 5.75 Å². The van der Waals surface area contributed by atoms with Gasteiger partial charge in [0, 0.05) is 43.3 Å². The van der Waals surface area contributed by atoms with Crippen molar-refractivity contribution in [1.29, 1.82) is 0 Å². The van der Waals surface area contributed by atoms with Gasteiger partial charge in [-0.05, 0) is 37.3 Å². The largest absolute Gasteiger partial charge is 0.494 e. The zero-order valence-corrected chi connectivity index (χ0v) is 16.3. The van der Waals surface area contributed by atoms with E-state index in [9.17, 15) is 8.42 Å². The van der Waals surface area contributed by atoms with Crippen LogP contribution in [0.3, 0.4) is 0 Å². The number of rotatable bonds is 6. The molecule has 7 heteroatoms. The first kappa shape index (κ1) is 19.2. The highest BCUT2D eigenvalue weighted by molar-refractivity contribution is 7.89. The first-order valence-corrected chi connectivity index (χ1v) is 10.5. The summed E-state index contributed by atoms with van der Waals surface area (Å²) in [5, 5.41) is 0.529. The Balaban J connectivity index is 1.63. The van der Waals surface area contributed by atoms with E-state index in [4.69, 9.17) is 16.3 Å². The quantitative estimate of drug-likeness (QED) is 0.754. The third-order valence-electron chi connectivity index (χ3n) is 4.45. The summed E-state index contributed by atoms with van der Waals surface area (Å²) in [6.07, 6.45) is 0. The fraction of sp³-hybridized carbons (Fsp3) is 0.368. The number of halogens is 1. The van der Waals surface area contributed by atoms with Crippen molar-refractivity contribution >= 4 is 21.6 Å². The molecule has 1 aliphatic rings. The summed E-state index contributed by atoms with van der Waals surface area (Å²) in [4.78, 5) is 2.54. The van der Waals surface area contributed by atoms with Gasteiger partial charge in [-0.15, -0.1) is 0 Å². The molecule has 0 unspecified atom stereocenters. The summed E-state index contributed by atoms with van der Waals surface area (Å²) >= 11 is 5.85. The predicted octanol–water partition coefficient (Wildman–Crippen LogP) is 3.25. The van der Waals surface area contributed by atoms with Crippen LogP contribution >= 0.6 is 11.6 Å². The first-order chi connectivity index (χ1) is 12.5. The highest BCUT2D eigenvalue weighted by Gasteiger charge is 2.28. The number of sulfonamides is 1. The lowest BCUT2D eigenvalue weighted by molar-refractivity contribution is 0.179. The Morgan fingerprint density at radius 2 is 1.65 bits per heavy atom. The zero-order valence-electron chi connectivity index (χ0n) is 14.8. The van der Waals surface area contributed by atoms with Gasteiger partial charge in [-0.25, -0.2) is 8.42 Å². The summed E-state index contributed by atoms with van der Waals surface area (Å²) in [7, 11) is -3.47. The predicted molar refractivity (Wildman–Crippen MR) is 103 cm³/mol. The number of hydrogen-bond acceptors (Lipinski definition) is 4. The zero-order chi connectivity index (χ0) is 18.6. The molecule has 2 aromatic rings. The minimum atomic E-state index is -3.47. The summed E-state index contributed by atoms with van der Waals surface area (Å²) in [6.45, 7) is 5.68. The van der Waals surface area contributed by atoms with Crippen LogP contribution in [0.15, 0.2) is 53.4 Å². The Kier molecular flexibility index (Phi) is 6.19. The summed E-state index contributed by atoms with van der Waals surface area (Å²) < 4.78 is 32.7. The second-order valence-electron chi connectivity index (χ2n) is 6.17. The molecule has 0 atom stereocenters. The smallest absolute Gasteiger partial charge is 0.243 e. The van der Waals surface area contributed by atoms with Gasteiger partial charge >= 0.3 is 0 Å². The van der Waals surface area contributed by atoms with E-state index in [0.29, 0.717) is 37.8 Å². The summed E-state index contributed by atoms with van der Waals surface area (Å²) in [5.41, 5.74) is 1.13. The number of benzene rings is 2. The molecule has 0 amide bonds. The molecule has 5 nitrogen and oxygen atoms in total. The van der Waals surface area contributed by atoms with Gasteiger partial charge in [0.25, 0.3) is 0 Å². The first-order valence-electron chi connectivity index (χ1n) is 8.69. The van der Waals surface area contributed by atoms with Crippen LogP contribution in [0.1, 0.15) is 12.5 Å². The molecule has 0 aliphatic carbocycles. The van der Waals surface area contributed by atoms with Crippen molar-refractivity contribution in [3.05, 3.63) is 59.1 Å². The van der Waals surface area contributed by atoms with Gasteiger partial charge in [0.15, 0.2) is 0 Å². The van der Waals surface area contributed by atoms with Gasteiger partial charge in [0.05, 0.1) is 11.5 Å². The standard InChI is InChI=1S/C19H23ClN2O3S/c1-2-25-19-6-4-3-5-16(19)15-21-11-13-22(14-12-21)26(23,24)18-9-7-17(20)8-10-18/h3-10H,2,11-15H2,1H3. The van der Waals surface area contributed by atoms with Crippen molar-refractivity contribution in [2.24, 2.45) is 0 Å². The third kappa shape index (κ3) is 4.38. The van der Waals surface area contributed by atoms with Crippen molar-refractivity contribution in [1.82, 2.24) is 9.21 Å². The normalized spacial score (nSPS) is 16.5. The average Bonchev–Trinajstić information content (AvgIpc) is 2.64. The number of para-hydroxylation sites is 1. The summed E-state index contributed by atoms with van der Waals surface area (Å²) in [5.74, 6) is 0.895. The molecule has 1 heterocycles. The molecule has 0 saturated carbocycles. The second-order valence-corrected chi connectivity index (χ2v) is 8.55. The third-order valence-corrected chi connectivity index (χ3v) is 6.61. The lowest BCUT2D eigenvalue weighted by Crippen LogP contribution is -2.48. The summed E-state index contributed by atoms with van der Waals surface area (Å²) in [6, 6.07) is 14.3. The molecule has 0 radical (unpaired) electrons. The average molecular weight is 395 g/mol. The monoisotopic (exact) mass is 394 g/mol. The van der Waals surface area contributed by atoms with Crippen LogP contribution in [-0.2, 0) is 16.6 Å². The Hall–Kier alpha value is -1.60. The fourth-order valence-electron chi connectivity index (χ4n) is 3.06. The molecule has 0 spiro atoms. The SMILES string of the molecule is CCOc1ccccc1CN1CCN(S(=O)(=O)c2ccc(Cl)cc2)CC1. The molecule has 26 heavy (non-hydrogen) atoms. The van der Waals surface area contributed by atoms with E-state index in [1.54, 1.807) is 28.6 Å². The fourth-order valence-corrected chi connectivity index (χ4v) is 4.60. The highest BCUT2D eigenvalue weighted by atomic mass is 35.5. The Bertz CT molecular complexity index is 832. The molecule has 3 rings (SSSR count). The van der Waals surface area contributed by atoms with Crippen LogP contribution in [-0.4, -0.2) is 50.4 Å². The maximum atomic E-state index is 12.7. The Morgan fingerprint density at radius 3 is 2.31 bits per heavy atom. The van der Waals surface area contributed by atoms with Gasteiger partial charge < -0.3 is 4.74 Å². The molecular weight excluding hydrogens is 372 g/mol. The molecular formula is C19H23ClN2O3S. The van der Waals surface area contributed by atoms with E-state index in [0.717, 1.165) is 17.9 Å². The second kappa shape index (κ2) is 8.39. The van der Waals surface area contributed by atoms with Crippen molar-refractivity contribution < 1.29 is 13.2 Å². The van der Waals surface area contributed by atoms with Gasteiger partial charge in [-0.3, -0.25) is 4.90 Å². The van der Waals surface area contributed by atoms with E-state index in [2.05, 4.69) is 11.0 Å². The molecule has 2 aromatic carbocycles. The Morgan fingerprint density at radius 1 is 1.00 bits per heavy atom. The van der Waals surface area contributed by atoms with E-state index in [-0.39, 0.29) is 4.90 Å². The number of ether oxygens (including phenoxy) is 1. The van der Waals surface area contributed by atoms with Gasteiger partial charge in [-0.2, -0.15) is 4.31 Å². The Labute approximate surface area is 160 Å². The van der Waals surface area contributed by atoms with Crippen LogP contribution in [0.5, 0.6) is 5.75 Å². The number of piperazine rings is 1. The van der Waals surface area contributed by atoms with Crippen molar-refractivity contribution in [2.75, 3.05) is 32.8 Å². The molecule has 140 valence electrons. The van der Waals surface area contributed by atoms with E-state index in [1.165, 1.54) is 0 Å². The van der Waals surface area contributed by atoms with Crippen LogP contribution in [0.25, 0.3) is 0 Å². The molecule has 1 fully saturated rings. The minimum absolute atomic E-state index is 0.289. The van der Waals surface area contributed by atoms with Crippen molar-refractivity contribution in [2.45, 2.75) is 18.4 Å². The van der Waals surface area contributed by atoms with Gasteiger partial charge in [0.2, 0.25) is 10.0 Å². The van der Waals surface area contributed by atoms with E-state index >= 15 is 0 Å². The lowest BCUT2D eigenvalue weighted by atomic mass is 10.2. The molecule has 1 saturated heterocycles. The van der Waals surface area contributed by atoms with E-state index < -0.39 is 10.0 Å². The minimum Gasteiger partial charge on any atom is -0.494 e. The maximum absolute atomic E-state index is 12.7. The van der Waals surface area contributed by atoms with Crippen LogP contribution in [0.2, 0.25) is 5.02 Å².